The van der Waals surface area contributed by atoms with E-state index in [9.17, 15) is 10.1 Å². The highest BCUT2D eigenvalue weighted by Gasteiger charge is 2.44. The molecule has 0 aromatic heterocycles. The molecule has 0 amide bonds. The summed E-state index contributed by atoms with van der Waals surface area (Å²) in [5, 5.41) is 13.8. The van der Waals surface area contributed by atoms with Gasteiger partial charge >= 0.3 is 0 Å². The number of anilines is 1. The first kappa shape index (κ1) is 23.1. The number of nitrogens with zero attached hydrogens (tertiary/aromatic N) is 3. The van der Waals surface area contributed by atoms with Crippen molar-refractivity contribution in [2.45, 2.75) is 24.2 Å². The molecule has 3 aromatic carbocycles. The van der Waals surface area contributed by atoms with Gasteiger partial charge in [-0.05, 0) is 66.6 Å². The summed E-state index contributed by atoms with van der Waals surface area (Å²) in [4.78, 5) is 14.5. The second kappa shape index (κ2) is 8.03. The Morgan fingerprint density at radius 2 is 1.67 bits per heavy atom. The third-order valence-electron chi connectivity index (χ3n) is 6.75. The van der Waals surface area contributed by atoms with Crippen LogP contribution >= 0.6 is 10.2 Å². The first-order chi connectivity index (χ1) is 15.4. The minimum absolute atomic E-state index is 0.138. The van der Waals surface area contributed by atoms with Crippen molar-refractivity contribution in [1.82, 2.24) is 0 Å². The maximum Gasteiger partial charge on any atom is 0.210 e. The van der Waals surface area contributed by atoms with E-state index >= 15 is 0 Å². The maximum absolute atomic E-state index is 11.6. The van der Waals surface area contributed by atoms with Crippen molar-refractivity contribution in [3.8, 4) is 0 Å². The number of nitro groups is 1. The molecule has 172 valence electrons. The van der Waals surface area contributed by atoms with Gasteiger partial charge in [0.05, 0.1) is 14.6 Å². The number of hydrogen-bond acceptors (Lipinski definition) is 3. The summed E-state index contributed by atoms with van der Waals surface area (Å²) in [6.07, 6.45) is 7.86. The summed E-state index contributed by atoms with van der Waals surface area (Å²) in [7, 11) is 4.11. The number of benzene rings is 3. The van der Waals surface area contributed by atoms with Crippen molar-refractivity contribution in [2.75, 3.05) is 38.6 Å². The Morgan fingerprint density at radius 3 is 2.27 bits per heavy atom. The largest absolute Gasteiger partial charge is 0.378 e. The van der Waals surface area contributed by atoms with Gasteiger partial charge in [-0.2, -0.15) is 4.58 Å². The third-order valence-corrected chi connectivity index (χ3v) is 8.90. The van der Waals surface area contributed by atoms with Gasteiger partial charge in [-0.25, -0.2) is 0 Å². The fourth-order valence-electron chi connectivity index (χ4n) is 4.69. The molecule has 0 atom stereocenters. The van der Waals surface area contributed by atoms with Gasteiger partial charge in [-0.15, -0.1) is 0 Å². The van der Waals surface area contributed by atoms with Crippen molar-refractivity contribution in [3.05, 3.63) is 81.9 Å². The summed E-state index contributed by atoms with van der Waals surface area (Å²) in [5.41, 5.74) is 5.82. The van der Waals surface area contributed by atoms with E-state index in [1.165, 1.54) is 22.6 Å². The zero-order valence-corrected chi connectivity index (χ0v) is 21.2. The Labute approximate surface area is 197 Å². The molecule has 0 unspecified atom stereocenters. The number of rotatable bonds is 5. The van der Waals surface area contributed by atoms with Gasteiger partial charge in [0.2, 0.25) is 5.69 Å². The molecule has 0 aliphatic carbocycles. The van der Waals surface area contributed by atoms with E-state index in [0.717, 1.165) is 21.2 Å². The summed E-state index contributed by atoms with van der Waals surface area (Å²) in [5.74, 6) is 0. The molecule has 1 heterocycles. The van der Waals surface area contributed by atoms with Gasteiger partial charge < -0.3 is 4.90 Å². The van der Waals surface area contributed by atoms with Crippen LogP contribution in [0, 0.1) is 10.1 Å². The Kier molecular flexibility index (Phi) is 5.61. The molecule has 0 bridgehead atoms. The van der Waals surface area contributed by atoms with Crippen molar-refractivity contribution in [1.29, 1.82) is 0 Å². The molecule has 0 radical (unpaired) electrons. The zero-order valence-electron chi connectivity index (χ0n) is 20.4. The lowest BCUT2D eigenvalue weighted by molar-refractivity contribution is -0.401. The van der Waals surface area contributed by atoms with E-state index in [2.05, 4.69) is 85.0 Å². The van der Waals surface area contributed by atoms with E-state index in [1.807, 2.05) is 26.2 Å². The highest BCUT2D eigenvalue weighted by atomic mass is 32.3. The topological polar surface area (TPSA) is 49.4 Å². The standard InChI is InChI=1S/C27H32N3O2S/c1-27(2)25(17-10-19-8-12-21(13-9-19)28(3)4)29(5)24-16-11-20-18-22(33(6,7)30(31)32)14-15-23(20)26(24)27/h8-18H,1-7H3/q+1. The second-order valence-corrected chi connectivity index (χ2v) is 13.0. The summed E-state index contributed by atoms with van der Waals surface area (Å²) in [6.45, 7) is 4.51. The van der Waals surface area contributed by atoms with Gasteiger partial charge in [0.1, 0.15) is 7.05 Å². The average Bonchev–Trinajstić information content (AvgIpc) is 2.97. The minimum Gasteiger partial charge on any atom is -0.378 e. The molecule has 4 rings (SSSR count). The third kappa shape index (κ3) is 3.82. The van der Waals surface area contributed by atoms with Crippen LogP contribution in [0.1, 0.15) is 25.0 Å². The van der Waals surface area contributed by atoms with Crippen LogP contribution in [0.5, 0.6) is 0 Å². The number of hydrogen-bond donors (Lipinski definition) is 0. The first-order valence-corrected chi connectivity index (χ1v) is 13.4. The van der Waals surface area contributed by atoms with Crippen LogP contribution < -0.4 is 4.90 Å². The minimum atomic E-state index is -2.09. The Morgan fingerprint density at radius 1 is 1.00 bits per heavy atom. The van der Waals surface area contributed by atoms with Crippen LogP contribution in [0.15, 0.2) is 65.6 Å². The highest BCUT2D eigenvalue weighted by Crippen LogP contribution is 2.51. The molecule has 0 fully saturated rings. The van der Waals surface area contributed by atoms with E-state index < -0.39 is 10.2 Å². The zero-order chi connectivity index (χ0) is 24.1. The predicted molar refractivity (Wildman–Crippen MR) is 142 cm³/mol. The monoisotopic (exact) mass is 462 g/mol. The Balaban J connectivity index is 1.75. The Bertz CT molecular complexity index is 1320. The smallest absolute Gasteiger partial charge is 0.210 e. The number of fused-ring (bicyclic) bond motifs is 3. The molecule has 5 nitrogen and oxygen atoms in total. The highest BCUT2D eigenvalue weighted by molar-refractivity contribution is 8.27. The van der Waals surface area contributed by atoms with Crippen molar-refractivity contribution in [2.24, 2.45) is 0 Å². The lowest BCUT2D eigenvalue weighted by Gasteiger charge is -2.22. The fourth-order valence-corrected chi connectivity index (χ4v) is 5.67. The maximum atomic E-state index is 11.6. The summed E-state index contributed by atoms with van der Waals surface area (Å²) in [6, 6.07) is 18.8. The quantitative estimate of drug-likeness (QED) is 0.256. The lowest BCUT2D eigenvalue weighted by atomic mass is 9.79. The second-order valence-electron chi connectivity index (χ2n) is 9.73. The summed E-state index contributed by atoms with van der Waals surface area (Å²) >= 11 is 0. The Hall–Kier alpha value is -3.12. The molecule has 3 aromatic rings. The molecular weight excluding hydrogens is 430 g/mol. The van der Waals surface area contributed by atoms with Crippen LogP contribution in [0.2, 0.25) is 0 Å². The molecule has 0 spiro atoms. The van der Waals surface area contributed by atoms with Gasteiger partial charge in [0.15, 0.2) is 5.71 Å². The van der Waals surface area contributed by atoms with Crippen LogP contribution in [0.4, 0.5) is 11.4 Å². The molecule has 0 saturated carbocycles. The van der Waals surface area contributed by atoms with Crippen molar-refractivity contribution < 1.29 is 8.90 Å². The van der Waals surface area contributed by atoms with Crippen molar-refractivity contribution >= 4 is 44.1 Å². The lowest BCUT2D eigenvalue weighted by Crippen LogP contribution is -2.26. The van der Waals surface area contributed by atoms with Crippen LogP contribution in [-0.2, 0) is 5.41 Å². The van der Waals surface area contributed by atoms with Crippen LogP contribution in [0.3, 0.4) is 0 Å². The normalized spacial score (nSPS) is 15.8. The SMILES string of the molecule is CN(C)c1ccc(C=CC2=[N+](C)c3ccc4cc(S(C)(C)[N+](=O)[O-])ccc4c3C2(C)C)cc1. The summed E-state index contributed by atoms with van der Waals surface area (Å²) < 4.78 is 2.13. The molecular formula is C27H32N3O2S+. The van der Waals surface area contributed by atoms with E-state index in [1.54, 1.807) is 12.5 Å². The molecule has 0 saturated heterocycles. The van der Waals surface area contributed by atoms with E-state index in [4.69, 9.17) is 0 Å². The van der Waals surface area contributed by atoms with Gasteiger partial charge in [-0.1, -0.05) is 18.2 Å². The number of allylic oxidation sites excluding steroid dienone is 1. The van der Waals surface area contributed by atoms with E-state index in [-0.39, 0.29) is 9.74 Å². The van der Waals surface area contributed by atoms with Crippen LogP contribution in [-0.4, -0.2) is 48.3 Å². The molecule has 1 aliphatic heterocycles. The fraction of sp³-hybridized carbons (Fsp3) is 0.296. The van der Waals surface area contributed by atoms with Gasteiger partial charge in [0, 0.05) is 60.2 Å². The van der Waals surface area contributed by atoms with Crippen molar-refractivity contribution in [3.63, 3.8) is 0 Å². The van der Waals surface area contributed by atoms with Gasteiger partial charge in [-0.3, -0.25) is 10.1 Å². The van der Waals surface area contributed by atoms with Crippen LogP contribution in [0.25, 0.3) is 16.8 Å². The van der Waals surface area contributed by atoms with Gasteiger partial charge in [0.25, 0.3) is 0 Å². The predicted octanol–water partition coefficient (Wildman–Crippen LogP) is 6.24. The van der Waals surface area contributed by atoms with E-state index in [0.29, 0.717) is 0 Å². The first-order valence-electron chi connectivity index (χ1n) is 11.0. The molecule has 0 N–H and O–H groups in total. The average molecular weight is 463 g/mol. The molecule has 1 aliphatic rings. The molecule has 6 heteroatoms. The molecule has 33 heavy (non-hydrogen) atoms.